The van der Waals surface area contributed by atoms with E-state index in [1.807, 2.05) is 0 Å². The fraction of sp³-hybridized carbons (Fsp3) is 0.478. The van der Waals surface area contributed by atoms with Crippen molar-refractivity contribution in [3.63, 3.8) is 0 Å². The highest BCUT2D eigenvalue weighted by molar-refractivity contribution is 14.1. The van der Waals surface area contributed by atoms with Crippen LogP contribution in [-0.2, 0) is 4.43 Å². The number of hydrogen-bond donors (Lipinski definition) is 1. The summed E-state index contributed by atoms with van der Waals surface area (Å²) in [4.78, 5) is 0. The molecule has 0 spiro atoms. The third kappa shape index (κ3) is 4.04. The van der Waals surface area contributed by atoms with Crippen LogP contribution in [0, 0.1) is 11.8 Å². The SMILES string of the molecule is CC[C@H](O)[C@@H]1[C@@H](I)[C@@H]1CO[Si](c1ccccc1)(c1ccccc1)C(C)(C)C. The largest absolute Gasteiger partial charge is 0.407 e. The van der Waals surface area contributed by atoms with Gasteiger partial charge in [-0.25, -0.2) is 0 Å². The lowest BCUT2D eigenvalue weighted by atomic mass is 10.1. The van der Waals surface area contributed by atoms with Gasteiger partial charge in [0.05, 0.1) is 6.10 Å². The number of halogens is 1. The first-order valence-corrected chi connectivity index (χ1v) is 13.1. The number of aliphatic hydroxyl groups is 1. The first kappa shape index (κ1) is 21.0. The van der Waals surface area contributed by atoms with Crippen molar-refractivity contribution in [3.05, 3.63) is 60.7 Å². The smallest absolute Gasteiger partial charge is 0.261 e. The molecule has 0 bridgehead atoms. The summed E-state index contributed by atoms with van der Waals surface area (Å²) in [6.45, 7) is 9.72. The monoisotopic (exact) mass is 494 g/mol. The number of rotatable bonds is 7. The van der Waals surface area contributed by atoms with E-state index in [1.54, 1.807) is 0 Å². The van der Waals surface area contributed by atoms with Crippen LogP contribution in [-0.4, -0.2) is 30.1 Å². The second kappa shape index (κ2) is 8.35. The Kier molecular flexibility index (Phi) is 6.51. The van der Waals surface area contributed by atoms with Crippen LogP contribution < -0.4 is 10.4 Å². The molecule has 4 heteroatoms. The summed E-state index contributed by atoms with van der Waals surface area (Å²) in [5.74, 6) is 0.816. The molecule has 1 saturated carbocycles. The van der Waals surface area contributed by atoms with Crippen molar-refractivity contribution in [2.75, 3.05) is 6.61 Å². The van der Waals surface area contributed by atoms with Gasteiger partial charge in [-0.1, -0.05) is 111 Å². The highest BCUT2D eigenvalue weighted by Crippen LogP contribution is 2.50. The van der Waals surface area contributed by atoms with Crippen molar-refractivity contribution in [2.45, 2.75) is 49.2 Å². The van der Waals surface area contributed by atoms with Gasteiger partial charge in [-0.05, 0) is 27.8 Å². The first-order valence-electron chi connectivity index (χ1n) is 9.90. The van der Waals surface area contributed by atoms with Crippen LogP contribution in [0.15, 0.2) is 60.7 Å². The Balaban J connectivity index is 1.98. The van der Waals surface area contributed by atoms with E-state index in [2.05, 4.69) is 111 Å². The molecule has 1 aliphatic carbocycles. The lowest BCUT2D eigenvalue weighted by Gasteiger charge is -2.43. The van der Waals surface area contributed by atoms with Gasteiger partial charge in [0.2, 0.25) is 0 Å². The molecule has 0 saturated heterocycles. The minimum absolute atomic E-state index is 0.00420. The predicted molar refractivity (Wildman–Crippen MR) is 125 cm³/mol. The Labute approximate surface area is 178 Å². The fourth-order valence-electron chi connectivity index (χ4n) is 4.31. The lowest BCUT2D eigenvalue weighted by Crippen LogP contribution is -2.66. The topological polar surface area (TPSA) is 29.5 Å². The summed E-state index contributed by atoms with van der Waals surface area (Å²) in [6.07, 6.45) is 0.611. The molecule has 0 amide bonds. The van der Waals surface area contributed by atoms with E-state index in [4.69, 9.17) is 4.43 Å². The summed E-state index contributed by atoms with van der Waals surface area (Å²) in [6, 6.07) is 21.6. The molecule has 146 valence electrons. The Hall–Kier alpha value is -0.693. The third-order valence-corrected chi connectivity index (χ3v) is 12.7. The Bertz CT molecular complexity index is 690. The average Bonchev–Trinajstić information content (AvgIpc) is 3.31. The molecule has 27 heavy (non-hydrogen) atoms. The summed E-state index contributed by atoms with van der Waals surface area (Å²) < 4.78 is 7.52. The average molecular weight is 494 g/mol. The van der Waals surface area contributed by atoms with E-state index in [1.165, 1.54) is 10.4 Å². The van der Waals surface area contributed by atoms with Crippen molar-refractivity contribution >= 4 is 41.3 Å². The zero-order valence-corrected chi connectivity index (χ0v) is 19.9. The second-order valence-corrected chi connectivity index (χ2v) is 14.4. The molecule has 1 aliphatic rings. The number of aliphatic hydroxyl groups excluding tert-OH is 1. The van der Waals surface area contributed by atoms with Crippen molar-refractivity contribution < 1.29 is 9.53 Å². The third-order valence-electron chi connectivity index (χ3n) is 5.90. The molecule has 0 aliphatic heterocycles. The van der Waals surface area contributed by atoms with Gasteiger partial charge in [-0.15, -0.1) is 0 Å². The number of benzene rings is 2. The van der Waals surface area contributed by atoms with E-state index in [9.17, 15) is 5.11 Å². The standard InChI is InChI=1S/C23H31IO2Si/c1-5-20(25)21-19(22(21)24)16-26-27(23(2,3)4,17-12-8-6-9-13-17)18-14-10-7-11-15-18/h6-15,19-22,25H,5,16H2,1-4H3/t19-,20+,21-,22+/m1/s1. The van der Waals surface area contributed by atoms with Gasteiger partial charge >= 0.3 is 0 Å². The van der Waals surface area contributed by atoms with Gasteiger partial charge in [-0.3, -0.25) is 0 Å². The van der Waals surface area contributed by atoms with Crippen molar-refractivity contribution in [2.24, 2.45) is 11.8 Å². The van der Waals surface area contributed by atoms with Gasteiger partial charge in [0.1, 0.15) is 0 Å². The normalized spacial score (nSPS) is 23.9. The highest BCUT2D eigenvalue weighted by atomic mass is 127. The van der Waals surface area contributed by atoms with Crippen LogP contribution in [0.3, 0.4) is 0 Å². The molecular formula is C23H31IO2Si. The summed E-state index contributed by atoms with van der Waals surface area (Å²) >= 11 is 2.49. The Morgan fingerprint density at radius 2 is 1.48 bits per heavy atom. The zero-order chi connectivity index (χ0) is 19.7. The van der Waals surface area contributed by atoms with Gasteiger partial charge in [0, 0.05) is 16.4 Å². The number of hydrogen-bond acceptors (Lipinski definition) is 2. The second-order valence-electron chi connectivity index (χ2n) is 8.64. The fourth-order valence-corrected chi connectivity index (χ4v) is 10.4. The molecular weight excluding hydrogens is 463 g/mol. The van der Waals surface area contributed by atoms with Crippen LogP contribution in [0.1, 0.15) is 34.1 Å². The Morgan fingerprint density at radius 3 is 1.89 bits per heavy atom. The van der Waals surface area contributed by atoms with Crippen LogP contribution in [0.5, 0.6) is 0 Å². The minimum atomic E-state index is -2.46. The molecule has 2 nitrogen and oxygen atoms in total. The van der Waals surface area contributed by atoms with E-state index in [-0.39, 0.29) is 11.1 Å². The van der Waals surface area contributed by atoms with Crippen molar-refractivity contribution in [1.29, 1.82) is 0 Å². The van der Waals surface area contributed by atoms with Crippen LogP contribution in [0.2, 0.25) is 5.04 Å². The van der Waals surface area contributed by atoms with E-state index in [0.717, 1.165) is 13.0 Å². The van der Waals surface area contributed by atoms with Crippen LogP contribution >= 0.6 is 22.6 Å². The molecule has 2 aromatic carbocycles. The Morgan fingerprint density at radius 1 is 1.00 bits per heavy atom. The number of alkyl halides is 1. The molecule has 0 radical (unpaired) electrons. The lowest BCUT2D eigenvalue weighted by molar-refractivity contribution is 0.134. The van der Waals surface area contributed by atoms with Crippen LogP contribution in [0.4, 0.5) is 0 Å². The maximum absolute atomic E-state index is 10.3. The van der Waals surface area contributed by atoms with Gasteiger partial charge in [0.25, 0.3) is 8.32 Å². The molecule has 0 heterocycles. The summed E-state index contributed by atoms with van der Waals surface area (Å²) in [7, 11) is -2.46. The predicted octanol–water partition coefficient (Wildman–Crippen LogP) is 4.38. The molecule has 0 unspecified atom stereocenters. The molecule has 4 atom stereocenters. The van der Waals surface area contributed by atoms with E-state index < -0.39 is 8.32 Å². The molecule has 0 aromatic heterocycles. The minimum Gasteiger partial charge on any atom is -0.407 e. The van der Waals surface area contributed by atoms with Crippen LogP contribution in [0.25, 0.3) is 0 Å². The van der Waals surface area contributed by atoms with E-state index in [0.29, 0.717) is 15.8 Å². The summed E-state index contributed by atoms with van der Waals surface area (Å²) in [5.41, 5.74) is 0. The van der Waals surface area contributed by atoms with Gasteiger partial charge in [0.15, 0.2) is 0 Å². The molecule has 1 N–H and O–H groups in total. The van der Waals surface area contributed by atoms with E-state index >= 15 is 0 Å². The molecule has 1 fully saturated rings. The summed E-state index contributed by atoms with van der Waals surface area (Å²) in [5, 5.41) is 13.0. The molecule has 2 aromatic rings. The van der Waals surface area contributed by atoms with Gasteiger partial charge in [-0.2, -0.15) is 0 Å². The van der Waals surface area contributed by atoms with Crippen molar-refractivity contribution in [3.8, 4) is 0 Å². The first-order chi connectivity index (χ1) is 12.8. The molecule has 3 rings (SSSR count). The highest BCUT2D eigenvalue weighted by Gasteiger charge is 2.55. The quantitative estimate of drug-likeness (QED) is 0.352. The maximum atomic E-state index is 10.3. The van der Waals surface area contributed by atoms with Crippen molar-refractivity contribution in [1.82, 2.24) is 0 Å². The maximum Gasteiger partial charge on any atom is 0.261 e. The zero-order valence-electron chi connectivity index (χ0n) is 16.7. The van der Waals surface area contributed by atoms with Gasteiger partial charge < -0.3 is 9.53 Å².